The topological polar surface area (TPSA) is 133 Å². The third-order valence-corrected chi connectivity index (χ3v) is 8.13. The highest BCUT2D eigenvalue weighted by Crippen LogP contribution is 2.29. The molecule has 12 nitrogen and oxygen atoms in total. The monoisotopic (exact) mass is 650 g/mol. The Labute approximate surface area is 278 Å². The summed E-state index contributed by atoms with van der Waals surface area (Å²) in [4.78, 5) is 37.3. The van der Waals surface area contributed by atoms with Gasteiger partial charge in [0.25, 0.3) is 0 Å². The van der Waals surface area contributed by atoms with Crippen molar-refractivity contribution in [2.75, 3.05) is 55.8 Å². The van der Waals surface area contributed by atoms with E-state index in [1.54, 1.807) is 12.1 Å². The molecule has 4 N–H and O–H groups in total. The van der Waals surface area contributed by atoms with E-state index in [0.717, 1.165) is 60.9 Å². The number of hydrogen-bond acceptors (Lipinski definition) is 11. The molecule has 47 heavy (non-hydrogen) atoms. The first-order valence-corrected chi connectivity index (χ1v) is 15.8. The van der Waals surface area contributed by atoms with Crippen molar-refractivity contribution in [2.45, 2.75) is 25.4 Å². The van der Waals surface area contributed by atoms with Gasteiger partial charge in [0.2, 0.25) is 17.8 Å². The van der Waals surface area contributed by atoms with Crippen LogP contribution in [0.4, 0.5) is 34.9 Å². The zero-order valence-corrected chi connectivity index (χ0v) is 26.7. The third kappa shape index (κ3) is 8.59. The molecule has 2 aliphatic heterocycles. The van der Waals surface area contributed by atoms with Crippen LogP contribution in [-0.4, -0.2) is 77.4 Å². The smallest absolute Gasteiger partial charge is 0.328 e. The van der Waals surface area contributed by atoms with E-state index in [1.807, 2.05) is 42.5 Å². The van der Waals surface area contributed by atoms with Crippen molar-refractivity contribution >= 4 is 58.2 Å². The number of nitrogens with zero attached hydrogens (tertiary/aromatic N) is 6. The van der Waals surface area contributed by atoms with Crippen LogP contribution in [0.1, 0.15) is 16.7 Å². The maximum Gasteiger partial charge on any atom is 0.328 e. The molecule has 0 unspecified atom stereocenters. The Morgan fingerprint density at radius 1 is 1.02 bits per heavy atom. The molecule has 1 saturated heterocycles. The predicted molar refractivity (Wildman–Crippen MR) is 184 cm³/mol. The Hall–Kier alpha value is -5.09. The van der Waals surface area contributed by atoms with Gasteiger partial charge in [-0.15, -0.1) is 0 Å². The minimum Gasteiger partial charge on any atom is -0.467 e. The van der Waals surface area contributed by atoms with Crippen LogP contribution in [-0.2, 0) is 28.9 Å². The van der Waals surface area contributed by atoms with Gasteiger partial charge >= 0.3 is 5.97 Å². The summed E-state index contributed by atoms with van der Waals surface area (Å²) in [5.74, 6) is 0.334. The van der Waals surface area contributed by atoms with Crippen molar-refractivity contribution < 1.29 is 9.53 Å². The standard InChI is InChI=1S/C34H35ClN10O2/c1-36-26-10-6-22(7-11-26)17-30(31(46)47-2)41-34-43-32(38-20-28-18-24-8-9-25(35)19-29(24)39-28)42-33(44-34)40-27-5-3-4-23(16-27)21-45-14-12-37-13-15-45/h3-11,16,19,30,37H,12-15,17-18,20-21H2,2H3,(H3,38,40,41,42,43,44)/t30-/m0/s1. The Bertz CT molecular complexity index is 1800. The van der Waals surface area contributed by atoms with Gasteiger partial charge in [-0.1, -0.05) is 54.1 Å². The molecular weight excluding hydrogens is 616 g/mol. The molecule has 1 fully saturated rings. The number of rotatable bonds is 12. The van der Waals surface area contributed by atoms with E-state index in [-0.39, 0.29) is 5.95 Å². The minimum absolute atomic E-state index is 0.193. The van der Waals surface area contributed by atoms with Gasteiger partial charge in [0.05, 0.1) is 25.9 Å². The number of benzene rings is 3. The van der Waals surface area contributed by atoms with Crippen LogP contribution in [0, 0.1) is 6.57 Å². The number of aliphatic imine (C=N–C) groups is 1. The van der Waals surface area contributed by atoms with Gasteiger partial charge in [0.1, 0.15) is 6.04 Å². The zero-order chi connectivity index (χ0) is 32.6. The highest BCUT2D eigenvalue weighted by Gasteiger charge is 2.22. The Balaban J connectivity index is 1.23. The number of aromatic nitrogens is 3. The number of anilines is 4. The minimum atomic E-state index is -0.789. The second kappa shape index (κ2) is 15.0. The zero-order valence-electron chi connectivity index (χ0n) is 26.0. The van der Waals surface area contributed by atoms with Gasteiger partial charge in [-0.2, -0.15) is 15.0 Å². The number of carbonyl (C=O) groups excluding carboxylic acids is 1. The van der Waals surface area contributed by atoms with Crippen LogP contribution in [0.2, 0.25) is 5.02 Å². The number of hydrogen-bond donors (Lipinski definition) is 4. The molecular formula is C34H35ClN10O2. The quantitative estimate of drug-likeness (QED) is 0.120. The fourth-order valence-corrected chi connectivity index (χ4v) is 5.68. The highest BCUT2D eigenvalue weighted by molar-refractivity contribution is 6.31. The van der Waals surface area contributed by atoms with Gasteiger partial charge in [0.15, 0.2) is 5.69 Å². The Morgan fingerprint density at radius 3 is 2.60 bits per heavy atom. The second-order valence-corrected chi connectivity index (χ2v) is 11.8. The Kier molecular flexibility index (Phi) is 10.2. The van der Waals surface area contributed by atoms with Crippen LogP contribution in [0.25, 0.3) is 4.85 Å². The van der Waals surface area contributed by atoms with Gasteiger partial charge in [-0.25, -0.2) is 9.64 Å². The molecule has 1 atom stereocenters. The van der Waals surface area contributed by atoms with Crippen LogP contribution in [0.15, 0.2) is 71.7 Å². The number of nitrogens with one attached hydrogen (secondary N) is 4. The van der Waals surface area contributed by atoms with E-state index in [9.17, 15) is 4.79 Å². The molecule has 1 aromatic heterocycles. The average Bonchev–Trinajstić information content (AvgIpc) is 3.49. The van der Waals surface area contributed by atoms with Crippen LogP contribution < -0.4 is 21.3 Å². The molecule has 3 heterocycles. The van der Waals surface area contributed by atoms with E-state index in [0.29, 0.717) is 42.0 Å². The summed E-state index contributed by atoms with van der Waals surface area (Å²) >= 11 is 6.17. The summed E-state index contributed by atoms with van der Waals surface area (Å²) < 4.78 is 5.10. The van der Waals surface area contributed by atoms with Crippen molar-refractivity contribution in [3.05, 3.63) is 99.9 Å². The number of halogens is 1. The maximum atomic E-state index is 12.9. The van der Waals surface area contributed by atoms with E-state index in [4.69, 9.17) is 27.9 Å². The first kappa shape index (κ1) is 31.9. The summed E-state index contributed by atoms with van der Waals surface area (Å²) in [5, 5.41) is 13.8. The van der Waals surface area contributed by atoms with E-state index in [2.05, 4.69) is 58.1 Å². The number of methoxy groups -OCH3 is 1. The molecule has 0 spiro atoms. The second-order valence-electron chi connectivity index (χ2n) is 11.3. The van der Waals surface area contributed by atoms with Crippen molar-refractivity contribution in [2.24, 2.45) is 4.99 Å². The molecule has 4 aromatic rings. The van der Waals surface area contributed by atoms with Crippen molar-refractivity contribution in [3.63, 3.8) is 0 Å². The normalized spacial score (nSPS) is 14.8. The number of piperazine rings is 1. The van der Waals surface area contributed by atoms with Crippen LogP contribution >= 0.6 is 11.6 Å². The molecule has 0 amide bonds. The molecule has 3 aromatic carbocycles. The molecule has 0 radical (unpaired) electrons. The summed E-state index contributed by atoms with van der Waals surface area (Å²) in [6.07, 6.45) is 0.991. The van der Waals surface area contributed by atoms with E-state index >= 15 is 0 Å². The van der Waals surface area contributed by atoms with Crippen molar-refractivity contribution in [1.82, 2.24) is 25.2 Å². The van der Waals surface area contributed by atoms with E-state index in [1.165, 1.54) is 12.7 Å². The lowest BCUT2D eigenvalue weighted by atomic mass is 10.1. The van der Waals surface area contributed by atoms with Crippen molar-refractivity contribution in [3.8, 4) is 0 Å². The Morgan fingerprint density at radius 2 is 1.81 bits per heavy atom. The van der Waals surface area contributed by atoms with E-state index < -0.39 is 12.0 Å². The number of esters is 1. The third-order valence-electron chi connectivity index (χ3n) is 7.90. The number of fused-ring (bicyclic) bond motifs is 1. The van der Waals surface area contributed by atoms with Gasteiger partial charge < -0.3 is 26.0 Å². The van der Waals surface area contributed by atoms with Gasteiger partial charge in [0, 0.05) is 62.0 Å². The molecule has 6 rings (SSSR count). The fourth-order valence-electron chi connectivity index (χ4n) is 5.52. The predicted octanol–water partition coefficient (Wildman–Crippen LogP) is 5.16. The van der Waals surface area contributed by atoms with Gasteiger partial charge in [-0.3, -0.25) is 9.89 Å². The van der Waals surface area contributed by atoms with Gasteiger partial charge in [-0.05, 0) is 41.0 Å². The summed E-state index contributed by atoms with van der Waals surface area (Å²) in [6.45, 7) is 12.4. The largest absolute Gasteiger partial charge is 0.467 e. The summed E-state index contributed by atoms with van der Waals surface area (Å²) in [7, 11) is 1.34. The molecule has 240 valence electrons. The lowest BCUT2D eigenvalue weighted by Gasteiger charge is -2.27. The van der Waals surface area contributed by atoms with Crippen LogP contribution in [0.3, 0.4) is 0 Å². The molecule has 0 bridgehead atoms. The first-order valence-electron chi connectivity index (χ1n) is 15.4. The molecule has 0 saturated carbocycles. The van der Waals surface area contributed by atoms with Crippen LogP contribution in [0.5, 0.6) is 0 Å². The SMILES string of the molecule is [C-]#[N+]c1ccc(C[C@H](Nc2nc(NCC3=Nc4cc(Cl)ccc4C3)nc(Nc3cccc(CN4CCNCC4)c3)n2)C(=O)OC)cc1. The van der Waals surface area contributed by atoms with Crippen molar-refractivity contribution in [1.29, 1.82) is 0 Å². The molecule has 0 aliphatic carbocycles. The summed E-state index contributed by atoms with van der Waals surface area (Å²) in [6, 6.07) is 20.2. The number of ether oxygens (including phenoxy) is 1. The lowest BCUT2D eigenvalue weighted by molar-refractivity contribution is -0.141. The summed E-state index contributed by atoms with van der Waals surface area (Å²) in [5.41, 5.74) is 6.27. The first-order chi connectivity index (χ1) is 22.9. The number of carbonyl (C=O) groups is 1. The highest BCUT2D eigenvalue weighted by atomic mass is 35.5. The fraction of sp³-hybridized carbons (Fsp3) is 0.294. The molecule has 13 heteroatoms. The maximum absolute atomic E-state index is 12.9. The molecule has 2 aliphatic rings. The lowest BCUT2D eigenvalue weighted by Crippen LogP contribution is -2.42. The average molecular weight is 651 g/mol.